The highest BCUT2D eigenvalue weighted by atomic mass is 35.5. The fraction of sp³-hybridized carbons (Fsp3) is 0.500. The Morgan fingerprint density at radius 2 is 2.21 bits per heavy atom. The standard InChI is InChI=1S/C14H18ClFN2O/c1-3-5-9(4-2)14(19)13-12(15)11(16)6-10-7-17-8-18(10)13/h6-9,14,19H,3-5H2,1-2H3. The van der Waals surface area contributed by atoms with Crippen molar-refractivity contribution in [3.05, 3.63) is 35.1 Å². The van der Waals surface area contributed by atoms with Crippen LogP contribution in [0.3, 0.4) is 0 Å². The van der Waals surface area contributed by atoms with E-state index in [9.17, 15) is 9.50 Å². The molecule has 0 bridgehead atoms. The van der Waals surface area contributed by atoms with E-state index in [0.717, 1.165) is 19.3 Å². The van der Waals surface area contributed by atoms with Gasteiger partial charge >= 0.3 is 0 Å². The number of fused-ring (bicyclic) bond motifs is 1. The van der Waals surface area contributed by atoms with Gasteiger partial charge in [0.25, 0.3) is 0 Å². The molecule has 0 amide bonds. The summed E-state index contributed by atoms with van der Waals surface area (Å²) in [6.07, 6.45) is 4.98. The van der Waals surface area contributed by atoms with Crippen LogP contribution in [0.5, 0.6) is 0 Å². The molecule has 2 aromatic rings. The Labute approximate surface area is 117 Å². The van der Waals surface area contributed by atoms with Gasteiger partial charge in [0.05, 0.1) is 34.9 Å². The molecule has 0 aromatic carbocycles. The minimum atomic E-state index is -0.787. The van der Waals surface area contributed by atoms with Crippen LogP contribution >= 0.6 is 11.6 Å². The van der Waals surface area contributed by atoms with Crippen LogP contribution in [0.4, 0.5) is 4.39 Å². The van der Waals surface area contributed by atoms with Crippen molar-refractivity contribution >= 4 is 17.1 Å². The number of imidazole rings is 1. The fourth-order valence-electron chi connectivity index (χ4n) is 2.49. The quantitative estimate of drug-likeness (QED) is 0.901. The maximum absolute atomic E-state index is 13.8. The van der Waals surface area contributed by atoms with Gasteiger partial charge in [0.2, 0.25) is 0 Å². The van der Waals surface area contributed by atoms with Crippen LogP contribution in [-0.4, -0.2) is 14.5 Å². The van der Waals surface area contributed by atoms with E-state index in [-0.39, 0.29) is 10.9 Å². The topological polar surface area (TPSA) is 37.5 Å². The maximum Gasteiger partial charge on any atom is 0.145 e. The molecule has 2 aromatic heterocycles. The molecule has 1 N–H and O–H groups in total. The van der Waals surface area contributed by atoms with Gasteiger partial charge in [-0.15, -0.1) is 0 Å². The molecule has 3 nitrogen and oxygen atoms in total. The van der Waals surface area contributed by atoms with E-state index in [1.165, 1.54) is 6.07 Å². The average molecular weight is 285 g/mol. The summed E-state index contributed by atoms with van der Waals surface area (Å²) >= 11 is 6.04. The smallest absolute Gasteiger partial charge is 0.145 e. The normalized spacial score (nSPS) is 14.8. The molecule has 104 valence electrons. The van der Waals surface area contributed by atoms with Gasteiger partial charge in [0.1, 0.15) is 5.82 Å². The number of halogens is 2. The van der Waals surface area contributed by atoms with Gasteiger partial charge in [-0.1, -0.05) is 38.3 Å². The van der Waals surface area contributed by atoms with E-state index >= 15 is 0 Å². The number of hydrogen-bond acceptors (Lipinski definition) is 2. The average Bonchev–Trinajstić information content (AvgIpc) is 2.84. The van der Waals surface area contributed by atoms with Crippen LogP contribution in [0.15, 0.2) is 18.6 Å². The minimum absolute atomic E-state index is 0.0208. The van der Waals surface area contributed by atoms with Crippen molar-refractivity contribution in [3.8, 4) is 0 Å². The van der Waals surface area contributed by atoms with Gasteiger partial charge in [-0.25, -0.2) is 9.37 Å². The van der Waals surface area contributed by atoms with Crippen molar-refractivity contribution in [1.82, 2.24) is 9.38 Å². The van der Waals surface area contributed by atoms with Crippen LogP contribution in [0.25, 0.3) is 5.52 Å². The third kappa shape index (κ3) is 2.60. The Bertz CT molecular complexity index is 570. The second-order valence-electron chi connectivity index (χ2n) is 4.78. The lowest BCUT2D eigenvalue weighted by Gasteiger charge is -2.23. The zero-order valence-corrected chi connectivity index (χ0v) is 11.9. The van der Waals surface area contributed by atoms with Crippen LogP contribution < -0.4 is 0 Å². The van der Waals surface area contributed by atoms with Crippen molar-refractivity contribution in [2.24, 2.45) is 5.92 Å². The Morgan fingerprint density at radius 3 is 2.84 bits per heavy atom. The fourth-order valence-corrected chi connectivity index (χ4v) is 2.74. The van der Waals surface area contributed by atoms with Crippen LogP contribution in [0.2, 0.25) is 5.02 Å². The monoisotopic (exact) mass is 284 g/mol. The van der Waals surface area contributed by atoms with E-state index in [4.69, 9.17) is 11.6 Å². The molecule has 0 spiro atoms. The molecule has 0 radical (unpaired) electrons. The lowest BCUT2D eigenvalue weighted by atomic mass is 9.92. The van der Waals surface area contributed by atoms with Gasteiger partial charge in [-0.2, -0.15) is 0 Å². The van der Waals surface area contributed by atoms with Gasteiger partial charge < -0.3 is 5.11 Å². The first-order valence-electron chi connectivity index (χ1n) is 6.58. The molecule has 0 aliphatic heterocycles. The molecule has 2 heterocycles. The summed E-state index contributed by atoms with van der Waals surface area (Å²) in [5.74, 6) is -0.454. The highest BCUT2D eigenvalue weighted by Gasteiger charge is 2.25. The highest BCUT2D eigenvalue weighted by Crippen LogP contribution is 2.34. The number of hydrogen-bond donors (Lipinski definition) is 1. The molecule has 0 aliphatic carbocycles. The molecular formula is C14H18ClFN2O. The zero-order chi connectivity index (χ0) is 14.0. The molecule has 0 saturated carbocycles. The Morgan fingerprint density at radius 1 is 1.47 bits per heavy atom. The van der Waals surface area contributed by atoms with Gasteiger partial charge in [-0.3, -0.25) is 4.40 Å². The predicted octanol–water partition coefficient (Wildman–Crippen LogP) is 3.99. The third-order valence-electron chi connectivity index (χ3n) is 3.55. The predicted molar refractivity (Wildman–Crippen MR) is 73.8 cm³/mol. The SMILES string of the molecule is CCCC(CC)C(O)c1c(Cl)c(F)cc2cncn12. The van der Waals surface area contributed by atoms with E-state index in [1.54, 1.807) is 16.9 Å². The third-order valence-corrected chi connectivity index (χ3v) is 3.92. The molecule has 0 aliphatic rings. The molecule has 5 heteroatoms. The molecule has 0 saturated heterocycles. The van der Waals surface area contributed by atoms with E-state index in [0.29, 0.717) is 11.2 Å². The first-order chi connectivity index (χ1) is 9.10. The first kappa shape index (κ1) is 14.3. The maximum atomic E-state index is 13.8. The number of aromatic nitrogens is 2. The van der Waals surface area contributed by atoms with Gasteiger partial charge in [0.15, 0.2) is 0 Å². The van der Waals surface area contributed by atoms with Crippen LogP contribution in [-0.2, 0) is 0 Å². The first-order valence-corrected chi connectivity index (χ1v) is 6.95. The Balaban J connectivity index is 2.53. The van der Waals surface area contributed by atoms with Crippen LogP contribution in [0, 0.1) is 11.7 Å². The summed E-state index contributed by atoms with van der Waals surface area (Å²) in [5, 5.41) is 10.5. The molecule has 0 fully saturated rings. The summed E-state index contributed by atoms with van der Waals surface area (Å²) in [4.78, 5) is 3.98. The van der Waals surface area contributed by atoms with Crippen molar-refractivity contribution < 1.29 is 9.50 Å². The summed E-state index contributed by atoms with van der Waals surface area (Å²) in [7, 11) is 0. The number of pyridine rings is 1. The van der Waals surface area contributed by atoms with Gasteiger partial charge in [0, 0.05) is 6.07 Å². The molecule has 2 unspecified atom stereocenters. The number of nitrogens with zero attached hydrogens (tertiary/aromatic N) is 2. The van der Waals surface area contributed by atoms with E-state index in [2.05, 4.69) is 11.9 Å². The molecule has 19 heavy (non-hydrogen) atoms. The lowest BCUT2D eigenvalue weighted by molar-refractivity contribution is 0.0945. The largest absolute Gasteiger partial charge is 0.387 e. The molecule has 2 rings (SSSR count). The Kier molecular flexibility index (Phi) is 4.42. The van der Waals surface area contributed by atoms with Crippen molar-refractivity contribution in [3.63, 3.8) is 0 Å². The lowest BCUT2D eigenvalue weighted by Crippen LogP contribution is -2.16. The van der Waals surface area contributed by atoms with E-state index in [1.807, 2.05) is 6.92 Å². The highest BCUT2D eigenvalue weighted by molar-refractivity contribution is 6.31. The van der Waals surface area contributed by atoms with Crippen molar-refractivity contribution in [2.75, 3.05) is 0 Å². The number of aliphatic hydroxyl groups excluding tert-OH is 1. The van der Waals surface area contributed by atoms with Crippen molar-refractivity contribution in [2.45, 2.75) is 39.2 Å². The molecule has 2 atom stereocenters. The summed E-state index contributed by atoms with van der Waals surface area (Å²) in [6.45, 7) is 4.08. The summed E-state index contributed by atoms with van der Waals surface area (Å²) in [5.41, 5.74) is 0.997. The van der Waals surface area contributed by atoms with Gasteiger partial charge in [-0.05, 0) is 12.3 Å². The van der Waals surface area contributed by atoms with Crippen molar-refractivity contribution in [1.29, 1.82) is 0 Å². The summed E-state index contributed by atoms with van der Waals surface area (Å²) in [6, 6.07) is 1.33. The second kappa shape index (κ2) is 5.88. The number of rotatable bonds is 5. The number of aliphatic hydroxyl groups is 1. The molecular weight excluding hydrogens is 267 g/mol. The zero-order valence-electron chi connectivity index (χ0n) is 11.1. The van der Waals surface area contributed by atoms with E-state index < -0.39 is 11.9 Å². The minimum Gasteiger partial charge on any atom is -0.387 e. The summed E-state index contributed by atoms with van der Waals surface area (Å²) < 4.78 is 15.5. The van der Waals surface area contributed by atoms with Crippen LogP contribution in [0.1, 0.15) is 44.9 Å². The Hall–Kier alpha value is -1.13. The second-order valence-corrected chi connectivity index (χ2v) is 5.16.